The van der Waals surface area contributed by atoms with Crippen LogP contribution in [0.3, 0.4) is 0 Å². The third-order valence-electron chi connectivity index (χ3n) is 3.25. The molecule has 0 spiro atoms. The molecule has 4 nitrogen and oxygen atoms in total. The lowest BCUT2D eigenvalue weighted by Gasteiger charge is -2.25. The molecule has 4 heteroatoms. The van der Waals surface area contributed by atoms with E-state index in [1.807, 2.05) is 18.2 Å². The Labute approximate surface area is 127 Å². The van der Waals surface area contributed by atoms with Crippen molar-refractivity contribution in [1.29, 1.82) is 0 Å². The molecule has 0 fully saturated rings. The molecule has 0 aliphatic carbocycles. The highest BCUT2D eigenvalue weighted by Crippen LogP contribution is 2.09. The molecule has 0 aliphatic heterocycles. The van der Waals surface area contributed by atoms with Crippen LogP contribution < -0.4 is 0 Å². The number of hydrogen-bond donors (Lipinski definition) is 0. The van der Waals surface area contributed by atoms with Gasteiger partial charge in [0.15, 0.2) is 0 Å². The second kappa shape index (κ2) is 9.29. The summed E-state index contributed by atoms with van der Waals surface area (Å²) in [6.07, 6.45) is 0.417. The van der Waals surface area contributed by atoms with Gasteiger partial charge in [0.2, 0.25) is 0 Å². The van der Waals surface area contributed by atoms with Crippen molar-refractivity contribution in [3.8, 4) is 0 Å². The molecule has 0 bridgehead atoms. The lowest BCUT2D eigenvalue weighted by atomic mass is 10.1. The van der Waals surface area contributed by atoms with Gasteiger partial charge in [-0.3, -0.25) is 14.5 Å². The zero-order valence-electron chi connectivity index (χ0n) is 13.2. The molecule has 1 rings (SSSR count). The lowest BCUT2D eigenvalue weighted by Crippen LogP contribution is -2.35. The summed E-state index contributed by atoms with van der Waals surface area (Å²) in [4.78, 5) is 25.4. The average Bonchev–Trinajstić information content (AvgIpc) is 2.46. The summed E-state index contributed by atoms with van der Waals surface area (Å²) in [5, 5.41) is 0. The van der Waals surface area contributed by atoms with Crippen molar-refractivity contribution >= 4 is 11.8 Å². The van der Waals surface area contributed by atoms with Crippen molar-refractivity contribution in [2.45, 2.75) is 46.2 Å². The quantitative estimate of drug-likeness (QED) is 0.656. The monoisotopic (exact) mass is 291 g/mol. The van der Waals surface area contributed by atoms with Gasteiger partial charge in [-0.1, -0.05) is 30.3 Å². The predicted molar refractivity (Wildman–Crippen MR) is 82.9 cm³/mol. The van der Waals surface area contributed by atoms with Crippen LogP contribution in [0.4, 0.5) is 0 Å². The number of hydrogen-bond acceptors (Lipinski definition) is 4. The fourth-order valence-electron chi connectivity index (χ4n) is 2.02. The highest BCUT2D eigenvalue weighted by atomic mass is 16.5. The summed E-state index contributed by atoms with van der Waals surface area (Å²) in [6, 6.07) is 10.4. The van der Waals surface area contributed by atoms with Gasteiger partial charge in [-0.25, -0.2) is 0 Å². The van der Waals surface area contributed by atoms with E-state index in [-0.39, 0.29) is 30.6 Å². The van der Waals surface area contributed by atoms with Gasteiger partial charge in [0.25, 0.3) is 0 Å². The maximum absolute atomic E-state index is 12.0. The molecule has 1 aromatic carbocycles. The van der Waals surface area contributed by atoms with E-state index >= 15 is 0 Å². The summed E-state index contributed by atoms with van der Waals surface area (Å²) in [5.41, 5.74) is 1.18. The third-order valence-corrected chi connectivity index (χ3v) is 3.25. The van der Waals surface area contributed by atoms with Crippen LogP contribution in [0.1, 0.15) is 39.2 Å². The molecule has 0 aromatic heterocycles. The largest absolute Gasteiger partial charge is 0.466 e. The lowest BCUT2D eigenvalue weighted by molar-refractivity contribution is -0.144. The molecule has 1 aromatic rings. The number of carbonyl (C=O) groups excluding carboxylic acids is 2. The number of esters is 1. The molecule has 0 heterocycles. The Morgan fingerprint density at radius 3 is 2.38 bits per heavy atom. The first kappa shape index (κ1) is 17.4. The first-order valence-electron chi connectivity index (χ1n) is 7.48. The Morgan fingerprint density at radius 2 is 1.81 bits per heavy atom. The summed E-state index contributed by atoms with van der Waals surface area (Å²) in [5.74, 6) is -0.224. The van der Waals surface area contributed by atoms with Gasteiger partial charge in [-0.2, -0.15) is 0 Å². The Morgan fingerprint density at radius 1 is 1.14 bits per heavy atom. The van der Waals surface area contributed by atoms with E-state index in [4.69, 9.17) is 4.74 Å². The zero-order valence-corrected chi connectivity index (χ0v) is 13.2. The fraction of sp³-hybridized carbons (Fsp3) is 0.529. The summed E-state index contributed by atoms with van der Waals surface area (Å²) in [7, 11) is 0. The first-order chi connectivity index (χ1) is 10.0. The number of Topliss-reactive ketones (excluding diaryl/α,β-unsaturated/α-hetero) is 1. The third kappa shape index (κ3) is 7.04. The molecular weight excluding hydrogens is 266 g/mol. The van der Waals surface area contributed by atoms with E-state index in [0.29, 0.717) is 13.2 Å². The van der Waals surface area contributed by atoms with Gasteiger partial charge in [-0.05, 0) is 26.3 Å². The molecule has 0 unspecified atom stereocenters. The smallest absolute Gasteiger partial charge is 0.306 e. The van der Waals surface area contributed by atoms with Crippen molar-refractivity contribution < 1.29 is 14.3 Å². The average molecular weight is 291 g/mol. The van der Waals surface area contributed by atoms with Crippen LogP contribution in [0.15, 0.2) is 30.3 Å². The Bertz CT molecular complexity index is 443. The topological polar surface area (TPSA) is 46.6 Å². The zero-order chi connectivity index (χ0) is 15.7. The SMILES string of the molecule is CCOC(=O)CCC(=O)CN(Cc1ccccc1)C(C)C. The van der Waals surface area contributed by atoms with Gasteiger partial charge < -0.3 is 4.74 Å². The Hall–Kier alpha value is -1.68. The number of nitrogens with zero attached hydrogens (tertiary/aromatic N) is 1. The maximum Gasteiger partial charge on any atom is 0.306 e. The standard InChI is InChI=1S/C17H25NO3/c1-4-21-17(20)11-10-16(19)13-18(14(2)3)12-15-8-6-5-7-9-15/h5-9,14H,4,10-13H2,1-3H3. The van der Waals surface area contributed by atoms with Gasteiger partial charge in [0.05, 0.1) is 19.6 Å². The Balaban J connectivity index is 2.47. The summed E-state index contributed by atoms with van der Waals surface area (Å²) < 4.78 is 4.84. The molecular formula is C17H25NO3. The van der Waals surface area contributed by atoms with E-state index in [1.54, 1.807) is 6.92 Å². The number of carbonyl (C=O) groups is 2. The molecule has 0 amide bonds. The molecule has 0 N–H and O–H groups in total. The van der Waals surface area contributed by atoms with Gasteiger partial charge in [0.1, 0.15) is 5.78 Å². The normalized spacial score (nSPS) is 10.9. The molecule has 0 aliphatic rings. The molecule has 0 atom stereocenters. The van der Waals surface area contributed by atoms with E-state index in [1.165, 1.54) is 5.56 Å². The minimum atomic E-state index is -0.301. The molecule has 0 saturated heterocycles. The summed E-state index contributed by atoms with van der Waals surface area (Å²) >= 11 is 0. The van der Waals surface area contributed by atoms with E-state index in [2.05, 4.69) is 30.9 Å². The highest BCUT2D eigenvalue weighted by Gasteiger charge is 2.15. The summed E-state index contributed by atoms with van der Waals surface area (Å²) in [6.45, 7) is 7.37. The first-order valence-corrected chi connectivity index (χ1v) is 7.48. The molecule has 21 heavy (non-hydrogen) atoms. The van der Waals surface area contributed by atoms with Crippen molar-refractivity contribution in [2.24, 2.45) is 0 Å². The van der Waals surface area contributed by atoms with Crippen LogP contribution in [-0.4, -0.2) is 35.8 Å². The predicted octanol–water partition coefficient (Wildman–Crippen LogP) is 2.81. The van der Waals surface area contributed by atoms with Crippen LogP contribution in [-0.2, 0) is 20.9 Å². The number of ketones is 1. The van der Waals surface area contributed by atoms with Gasteiger partial charge in [0, 0.05) is 19.0 Å². The van der Waals surface area contributed by atoms with Crippen LogP contribution in [0.25, 0.3) is 0 Å². The van der Waals surface area contributed by atoms with Crippen molar-refractivity contribution in [1.82, 2.24) is 4.90 Å². The van der Waals surface area contributed by atoms with Crippen molar-refractivity contribution in [3.05, 3.63) is 35.9 Å². The highest BCUT2D eigenvalue weighted by molar-refractivity contribution is 5.84. The van der Waals surface area contributed by atoms with Crippen LogP contribution in [0.5, 0.6) is 0 Å². The number of ether oxygens (including phenoxy) is 1. The molecule has 0 radical (unpaired) electrons. The number of rotatable bonds is 9. The van der Waals surface area contributed by atoms with E-state index < -0.39 is 0 Å². The van der Waals surface area contributed by atoms with Crippen LogP contribution >= 0.6 is 0 Å². The van der Waals surface area contributed by atoms with E-state index in [0.717, 1.165) is 6.54 Å². The minimum Gasteiger partial charge on any atom is -0.466 e. The van der Waals surface area contributed by atoms with Gasteiger partial charge >= 0.3 is 5.97 Å². The second-order valence-corrected chi connectivity index (χ2v) is 5.33. The van der Waals surface area contributed by atoms with Crippen LogP contribution in [0, 0.1) is 0 Å². The second-order valence-electron chi connectivity index (χ2n) is 5.33. The van der Waals surface area contributed by atoms with Crippen molar-refractivity contribution in [3.63, 3.8) is 0 Å². The molecule has 0 saturated carbocycles. The fourth-order valence-corrected chi connectivity index (χ4v) is 2.02. The molecule has 116 valence electrons. The van der Waals surface area contributed by atoms with E-state index in [9.17, 15) is 9.59 Å². The van der Waals surface area contributed by atoms with Crippen molar-refractivity contribution in [2.75, 3.05) is 13.2 Å². The Kier molecular flexibility index (Phi) is 7.69. The van der Waals surface area contributed by atoms with Crippen LogP contribution in [0.2, 0.25) is 0 Å². The minimum absolute atomic E-state index is 0.0766. The van der Waals surface area contributed by atoms with Gasteiger partial charge in [-0.15, -0.1) is 0 Å². The maximum atomic E-state index is 12.0. The number of benzene rings is 1.